The number of fused-ring (bicyclic) bond motifs is 1. The van der Waals surface area contributed by atoms with Crippen LogP contribution in [0.5, 0.6) is 0 Å². The van der Waals surface area contributed by atoms with Crippen molar-refractivity contribution in [3.05, 3.63) is 59.8 Å². The number of aromatic amines is 1. The summed E-state index contributed by atoms with van der Waals surface area (Å²) < 4.78 is 17.1. The van der Waals surface area contributed by atoms with Gasteiger partial charge in [0.25, 0.3) is 0 Å². The van der Waals surface area contributed by atoms with Crippen molar-refractivity contribution < 1.29 is 19.0 Å². The first-order valence-corrected chi connectivity index (χ1v) is 21.3. The van der Waals surface area contributed by atoms with Crippen molar-refractivity contribution in [1.29, 1.82) is 0 Å². The van der Waals surface area contributed by atoms with E-state index in [1.807, 2.05) is 57.2 Å². The smallest absolute Gasteiger partial charge is 0.407 e. The number of ether oxygens (including phenoxy) is 3. The second-order valence-electron chi connectivity index (χ2n) is 14.8. The fourth-order valence-electron chi connectivity index (χ4n) is 5.54. The molecule has 1 amide bonds. The molecule has 5 rings (SSSR count). The van der Waals surface area contributed by atoms with Gasteiger partial charge in [-0.2, -0.15) is 10.1 Å². The lowest BCUT2D eigenvalue weighted by Crippen LogP contribution is -2.39. The maximum Gasteiger partial charge on any atom is 0.407 e. The summed E-state index contributed by atoms with van der Waals surface area (Å²) in [6.45, 7) is 19.0. The minimum absolute atomic E-state index is 0.114. The first-order valence-electron chi connectivity index (χ1n) is 17.6. The van der Waals surface area contributed by atoms with Gasteiger partial charge in [0.2, 0.25) is 5.95 Å². The van der Waals surface area contributed by atoms with Crippen LogP contribution in [0, 0.1) is 0 Å². The average molecular weight is 704 g/mol. The number of anilines is 2. The highest BCUT2D eigenvalue weighted by atomic mass is 28.3. The Hall–Kier alpha value is -4.11. The van der Waals surface area contributed by atoms with Crippen LogP contribution in [0.4, 0.5) is 16.6 Å². The molecule has 4 aromatic rings. The van der Waals surface area contributed by atoms with Crippen LogP contribution in [-0.2, 0) is 20.8 Å². The normalized spacial score (nSPS) is 14.8. The van der Waals surface area contributed by atoms with Crippen LogP contribution in [0.15, 0.2) is 48.5 Å². The van der Waals surface area contributed by atoms with Crippen LogP contribution >= 0.6 is 0 Å². The lowest BCUT2D eigenvalue weighted by atomic mass is 10.0. The highest BCUT2D eigenvalue weighted by molar-refractivity contribution is 6.76. The van der Waals surface area contributed by atoms with Gasteiger partial charge in [-0.15, -0.1) is 0 Å². The number of rotatable bonds is 16. The molecule has 1 aromatic carbocycles. The number of benzene rings is 1. The number of aromatic nitrogens is 5. The van der Waals surface area contributed by atoms with E-state index in [9.17, 15) is 4.79 Å². The van der Waals surface area contributed by atoms with Gasteiger partial charge >= 0.3 is 6.09 Å². The van der Waals surface area contributed by atoms with Gasteiger partial charge in [-0.3, -0.25) is 10.00 Å². The lowest BCUT2D eigenvalue weighted by Gasteiger charge is -2.26. The summed E-state index contributed by atoms with van der Waals surface area (Å²) in [5.74, 6) is 1.22. The number of nitrogens with zero attached hydrogens (tertiary/aromatic N) is 5. The van der Waals surface area contributed by atoms with Crippen molar-refractivity contribution in [2.45, 2.75) is 71.1 Å². The van der Waals surface area contributed by atoms with Gasteiger partial charge in [0, 0.05) is 47.4 Å². The predicted octanol–water partition coefficient (Wildman–Crippen LogP) is 6.08. The fraction of sp³-hybridized carbons (Fsp3) is 0.528. The SMILES string of the molecule is CC(C)(C)OC(=O)NCCC(Nc1cccc(-c2[nH]nc3nc(NCCN4CCOCC4)nc(COCC[Si](C)(C)C)c23)n1)c1ccccc1. The van der Waals surface area contributed by atoms with Crippen LogP contribution in [0.3, 0.4) is 0 Å². The fourth-order valence-corrected chi connectivity index (χ4v) is 6.29. The summed E-state index contributed by atoms with van der Waals surface area (Å²) in [6.07, 6.45) is 0.185. The zero-order valence-electron chi connectivity index (χ0n) is 30.3. The molecule has 50 heavy (non-hydrogen) atoms. The van der Waals surface area contributed by atoms with Crippen molar-refractivity contribution in [3.8, 4) is 11.4 Å². The molecule has 1 aliphatic heterocycles. The Kier molecular flexibility index (Phi) is 12.8. The standard InChI is InChI=1S/C36H53N9O4Si/c1-36(2,3)49-35(46)38-16-15-27(26-11-8-7-9-12-26)39-30-14-10-13-28(40-30)32-31-29(25-48-23-24-50(4,5)6)41-34(42-33(31)44-43-32)37-17-18-45-19-21-47-22-20-45/h7-14,27H,15-25H2,1-6H3,(H,38,46)(H,39,40)(H2,37,41,42,43,44). The second kappa shape index (κ2) is 17.2. The Morgan fingerprint density at radius 1 is 1.02 bits per heavy atom. The van der Waals surface area contributed by atoms with E-state index < -0.39 is 19.8 Å². The Bertz CT molecular complexity index is 1670. The van der Waals surface area contributed by atoms with E-state index in [1.54, 1.807) is 0 Å². The topological polar surface area (TPSA) is 151 Å². The molecule has 1 fully saturated rings. The van der Waals surface area contributed by atoms with Crippen LogP contribution in [-0.4, -0.2) is 102 Å². The molecule has 1 aliphatic rings. The highest BCUT2D eigenvalue weighted by Crippen LogP contribution is 2.30. The van der Waals surface area contributed by atoms with Gasteiger partial charge in [0.05, 0.1) is 48.3 Å². The molecule has 0 saturated carbocycles. The van der Waals surface area contributed by atoms with E-state index >= 15 is 0 Å². The first-order chi connectivity index (χ1) is 23.9. The van der Waals surface area contributed by atoms with Crippen molar-refractivity contribution >= 4 is 37.0 Å². The van der Waals surface area contributed by atoms with Crippen LogP contribution in [0.25, 0.3) is 22.4 Å². The average Bonchev–Trinajstić information content (AvgIpc) is 3.50. The minimum atomic E-state index is -1.26. The van der Waals surface area contributed by atoms with Crippen LogP contribution < -0.4 is 16.0 Å². The molecule has 0 bridgehead atoms. The zero-order chi connectivity index (χ0) is 35.6. The first kappa shape index (κ1) is 37.1. The van der Waals surface area contributed by atoms with Crippen LogP contribution in [0.2, 0.25) is 25.7 Å². The number of hydrogen-bond donors (Lipinski definition) is 4. The molecular weight excluding hydrogens is 651 g/mol. The number of nitrogens with one attached hydrogen (secondary N) is 4. The molecule has 4 heterocycles. The maximum absolute atomic E-state index is 12.3. The summed E-state index contributed by atoms with van der Waals surface area (Å²) >= 11 is 0. The number of carbonyl (C=O) groups is 1. The van der Waals surface area contributed by atoms with Crippen LogP contribution in [0.1, 0.15) is 44.5 Å². The number of alkyl carbamates (subject to hydrolysis) is 1. The third-order valence-electron chi connectivity index (χ3n) is 8.17. The number of carbonyl (C=O) groups excluding carboxylic acids is 1. The molecular formula is C36H53N9O4Si. The summed E-state index contributed by atoms with van der Waals surface area (Å²) in [4.78, 5) is 29.4. The lowest BCUT2D eigenvalue weighted by molar-refractivity contribution is 0.0398. The summed E-state index contributed by atoms with van der Waals surface area (Å²) in [5.41, 5.74) is 3.28. The van der Waals surface area contributed by atoms with E-state index in [1.165, 1.54) is 0 Å². The zero-order valence-corrected chi connectivity index (χ0v) is 31.3. The van der Waals surface area contributed by atoms with Gasteiger partial charge < -0.3 is 30.2 Å². The molecule has 13 nitrogen and oxygen atoms in total. The molecule has 270 valence electrons. The highest BCUT2D eigenvalue weighted by Gasteiger charge is 2.21. The Morgan fingerprint density at radius 3 is 2.54 bits per heavy atom. The van der Waals surface area contributed by atoms with E-state index in [0.29, 0.717) is 55.8 Å². The summed E-state index contributed by atoms with van der Waals surface area (Å²) in [5, 5.41) is 18.5. The Morgan fingerprint density at radius 2 is 1.80 bits per heavy atom. The van der Waals surface area contributed by atoms with Crippen molar-refractivity contribution in [3.63, 3.8) is 0 Å². The minimum Gasteiger partial charge on any atom is -0.444 e. The quantitative estimate of drug-likeness (QED) is 0.0794. The molecule has 3 aromatic heterocycles. The predicted molar refractivity (Wildman–Crippen MR) is 200 cm³/mol. The van der Waals surface area contributed by atoms with E-state index in [0.717, 1.165) is 61.2 Å². The Labute approximate surface area is 296 Å². The number of amides is 1. The molecule has 0 spiro atoms. The monoisotopic (exact) mass is 703 g/mol. The number of hydrogen-bond acceptors (Lipinski definition) is 11. The number of morpholine rings is 1. The van der Waals surface area contributed by atoms with E-state index in [4.69, 9.17) is 29.2 Å². The number of H-pyrrole nitrogens is 1. The molecule has 1 unspecified atom stereocenters. The number of pyridine rings is 1. The molecule has 4 N–H and O–H groups in total. The Balaban J connectivity index is 1.35. The largest absolute Gasteiger partial charge is 0.444 e. The third kappa shape index (κ3) is 11.5. The summed E-state index contributed by atoms with van der Waals surface area (Å²) in [6, 6.07) is 16.9. The third-order valence-corrected chi connectivity index (χ3v) is 9.87. The van der Waals surface area contributed by atoms with Crippen molar-refractivity contribution in [2.75, 3.05) is 63.2 Å². The molecule has 1 saturated heterocycles. The molecule has 0 aliphatic carbocycles. The van der Waals surface area contributed by atoms with Crippen molar-refractivity contribution in [2.24, 2.45) is 0 Å². The molecule has 0 radical (unpaired) electrons. The van der Waals surface area contributed by atoms with Gasteiger partial charge in [0.15, 0.2) is 5.65 Å². The van der Waals surface area contributed by atoms with E-state index in [-0.39, 0.29) is 6.04 Å². The molecule has 14 heteroatoms. The van der Waals surface area contributed by atoms with Crippen molar-refractivity contribution in [1.82, 2.24) is 35.4 Å². The molecule has 1 atom stereocenters. The van der Waals surface area contributed by atoms with Gasteiger partial charge in [0.1, 0.15) is 11.4 Å². The maximum atomic E-state index is 12.3. The van der Waals surface area contributed by atoms with Gasteiger partial charge in [-0.1, -0.05) is 56.0 Å². The van der Waals surface area contributed by atoms with Gasteiger partial charge in [-0.05, 0) is 50.9 Å². The van der Waals surface area contributed by atoms with Gasteiger partial charge in [-0.25, -0.2) is 14.8 Å². The second-order valence-corrected chi connectivity index (χ2v) is 20.4. The summed E-state index contributed by atoms with van der Waals surface area (Å²) in [7, 11) is -1.26. The van der Waals surface area contributed by atoms with E-state index in [2.05, 4.69) is 62.8 Å².